The maximum Gasteiger partial charge on any atom is 0.408 e. The summed E-state index contributed by atoms with van der Waals surface area (Å²) in [5.41, 5.74) is 0.381. The predicted molar refractivity (Wildman–Crippen MR) is 82.4 cm³/mol. The molecule has 3 fully saturated rings. The maximum atomic E-state index is 12.2. The first-order valence-electron chi connectivity index (χ1n) is 7.58. The molecule has 3 aliphatic rings. The zero-order valence-electron chi connectivity index (χ0n) is 12.9. The Bertz CT molecular complexity index is 521. The summed E-state index contributed by atoms with van der Waals surface area (Å²) < 4.78 is 5.67. The Morgan fingerprint density at radius 3 is 2.71 bits per heavy atom. The molecule has 21 heavy (non-hydrogen) atoms. The van der Waals surface area contributed by atoms with Crippen molar-refractivity contribution in [2.24, 2.45) is 5.92 Å². The van der Waals surface area contributed by atoms with Crippen molar-refractivity contribution in [3.8, 4) is 0 Å². The van der Waals surface area contributed by atoms with Crippen molar-refractivity contribution in [1.82, 2.24) is 15.2 Å². The number of carbonyl (C=O) groups is 1. The van der Waals surface area contributed by atoms with Gasteiger partial charge in [0.2, 0.25) is 0 Å². The van der Waals surface area contributed by atoms with Crippen LogP contribution in [0, 0.1) is 12.8 Å². The van der Waals surface area contributed by atoms with E-state index in [4.69, 9.17) is 4.74 Å². The van der Waals surface area contributed by atoms with E-state index in [1.807, 2.05) is 26.2 Å². The molecular formula is C15H23N3O2S. The van der Waals surface area contributed by atoms with Gasteiger partial charge < -0.3 is 10.1 Å². The lowest BCUT2D eigenvalue weighted by Gasteiger charge is -2.44. The Kier molecular flexibility index (Phi) is 3.92. The Morgan fingerprint density at radius 1 is 1.48 bits per heavy atom. The fourth-order valence-corrected chi connectivity index (χ4v) is 3.96. The van der Waals surface area contributed by atoms with Crippen LogP contribution in [0.3, 0.4) is 0 Å². The number of hydrogen-bond donors (Lipinski definition) is 1. The molecule has 1 aromatic rings. The molecule has 2 bridgehead atoms. The van der Waals surface area contributed by atoms with Gasteiger partial charge in [0, 0.05) is 11.9 Å². The zero-order chi connectivity index (χ0) is 15.0. The topological polar surface area (TPSA) is 54.5 Å². The van der Waals surface area contributed by atoms with Crippen molar-refractivity contribution in [2.45, 2.75) is 45.3 Å². The summed E-state index contributed by atoms with van der Waals surface area (Å²) in [4.78, 5) is 19.0. The maximum absolute atomic E-state index is 12.2. The SMILES string of the molecule is Cc1nc(C(C)(C)NC(=O)O[C@@H]2CN3CCC2CC3)cs1. The van der Waals surface area contributed by atoms with E-state index >= 15 is 0 Å². The summed E-state index contributed by atoms with van der Waals surface area (Å²) in [5, 5.41) is 5.95. The largest absolute Gasteiger partial charge is 0.445 e. The summed E-state index contributed by atoms with van der Waals surface area (Å²) in [7, 11) is 0. The first kappa shape index (κ1) is 14.8. The number of nitrogens with zero attached hydrogens (tertiary/aromatic N) is 2. The molecule has 116 valence electrons. The number of fused-ring (bicyclic) bond motifs is 3. The van der Waals surface area contributed by atoms with Gasteiger partial charge in [-0.1, -0.05) is 0 Å². The van der Waals surface area contributed by atoms with E-state index in [0.29, 0.717) is 5.92 Å². The predicted octanol–water partition coefficient (Wildman–Crippen LogP) is 2.51. The van der Waals surface area contributed by atoms with Crippen LogP contribution in [-0.2, 0) is 10.3 Å². The minimum atomic E-state index is -0.504. The van der Waals surface area contributed by atoms with Crippen LogP contribution in [0.25, 0.3) is 0 Å². The molecule has 6 heteroatoms. The molecule has 1 atom stereocenters. The molecule has 0 radical (unpaired) electrons. The Hall–Kier alpha value is -1.14. The molecule has 0 spiro atoms. The van der Waals surface area contributed by atoms with E-state index in [0.717, 1.165) is 43.2 Å². The lowest BCUT2D eigenvalue weighted by molar-refractivity contribution is -0.0350. The highest BCUT2D eigenvalue weighted by Gasteiger charge is 2.37. The zero-order valence-corrected chi connectivity index (χ0v) is 13.7. The van der Waals surface area contributed by atoms with Crippen LogP contribution >= 0.6 is 11.3 Å². The highest BCUT2D eigenvalue weighted by Crippen LogP contribution is 2.30. The van der Waals surface area contributed by atoms with E-state index < -0.39 is 5.54 Å². The summed E-state index contributed by atoms with van der Waals surface area (Å²) in [6.45, 7) is 9.06. The number of alkyl carbamates (subject to hydrolysis) is 1. The molecule has 0 unspecified atom stereocenters. The van der Waals surface area contributed by atoms with Crippen molar-refractivity contribution in [2.75, 3.05) is 19.6 Å². The molecule has 0 saturated carbocycles. The molecule has 3 aliphatic heterocycles. The van der Waals surface area contributed by atoms with E-state index in [2.05, 4.69) is 15.2 Å². The molecular weight excluding hydrogens is 286 g/mol. The van der Waals surface area contributed by atoms with Crippen molar-refractivity contribution in [3.63, 3.8) is 0 Å². The molecule has 0 aromatic carbocycles. The van der Waals surface area contributed by atoms with Crippen LogP contribution < -0.4 is 5.32 Å². The average molecular weight is 309 g/mol. The molecule has 4 rings (SSSR count). The minimum Gasteiger partial charge on any atom is -0.445 e. The number of nitrogens with one attached hydrogen (secondary N) is 1. The van der Waals surface area contributed by atoms with Gasteiger partial charge in [0.1, 0.15) is 6.10 Å². The van der Waals surface area contributed by atoms with E-state index in [-0.39, 0.29) is 12.2 Å². The number of hydrogen-bond acceptors (Lipinski definition) is 5. The molecule has 1 aromatic heterocycles. The molecule has 1 amide bonds. The Morgan fingerprint density at radius 2 is 2.19 bits per heavy atom. The lowest BCUT2D eigenvalue weighted by atomic mass is 9.86. The van der Waals surface area contributed by atoms with Gasteiger partial charge in [-0.2, -0.15) is 0 Å². The third-order valence-electron chi connectivity index (χ3n) is 4.53. The normalized spacial score (nSPS) is 28.4. The van der Waals surface area contributed by atoms with Crippen molar-refractivity contribution in [1.29, 1.82) is 0 Å². The summed E-state index contributed by atoms with van der Waals surface area (Å²) >= 11 is 1.59. The highest BCUT2D eigenvalue weighted by molar-refractivity contribution is 7.09. The van der Waals surface area contributed by atoms with Crippen LogP contribution in [0.2, 0.25) is 0 Å². The van der Waals surface area contributed by atoms with Crippen LogP contribution in [0.4, 0.5) is 4.79 Å². The minimum absolute atomic E-state index is 0.0421. The molecule has 4 heterocycles. The van der Waals surface area contributed by atoms with E-state index in [1.54, 1.807) is 11.3 Å². The van der Waals surface area contributed by atoms with Gasteiger partial charge in [0.05, 0.1) is 16.2 Å². The van der Waals surface area contributed by atoms with Gasteiger partial charge >= 0.3 is 6.09 Å². The molecule has 3 saturated heterocycles. The van der Waals surface area contributed by atoms with Crippen LogP contribution in [0.1, 0.15) is 37.4 Å². The average Bonchev–Trinajstić information content (AvgIpc) is 2.87. The fraction of sp³-hybridized carbons (Fsp3) is 0.733. The number of aromatic nitrogens is 1. The Labute approximate surface area is 129 Å². The van der Waals surface area contributed by atoms with Gasteiger partial charge in [-0.15, -0.1) is 11.3 Å². The second-order valence-corrected chi connectivity index (χ2v) is 7.65. The van der Waals surface area contributed by atoms with Crippen LogP contribution in [-0.4, -0.2) is 41.7 Å². The lowest BCUT2D eigenvalue weighted by Crippen LogP contribution is -2.53. The molecule has 0 aliphatic carbocycles. The number of ether oxygens (including phenoxy) is 1. The number of amides is 1. The standard InChI is InChI=1S/C15H23N3O2S/c1-10-16-13(9-21-10)15(2,3)17-14(19)20-12-8-18-6-4-11(12)5-7-18/h9,11-12H,4-8H2,1-3H3,(H,17,19)/t12-/m1/s1. The van der Waals surface area contributed by atoms with Crippen molar-refractivity contribution < 1.29 is 9.53 Å². The quantitative estimate of drug-likeness (QED) is 0.932. The van der Waals surface area contributed by atoms with Gasteiger partial charge in [-0.05, 0) is 52.6 Å². The van der Waals surface area contributed by atoms with Crippen molar-refractivity contribution >= 4 is 17.4 Å². The third kappa shape index (κ3) is 3.21. The van der Waals surface area contributed by atoms with Gasteiger partial charge in [0.25, 0.3) is 0 Å². The van der Waals surface area contributed by atoms with Crippen LogP contribution in [0.15, 0.2) is 5.38 Å². The monoisotopic (exact) mass is 309 g/mol. The van der Waals surface area contributed by atoms with Gasteiger partial charge in [-0.25, -0.2) is 9.78 Å². The van der Waals surface area contributed by atoms with Gasteiger partial charge in [0.15, 0.2) is 0 Å². The highest BCUT2D eigenvalue weighted by atomic mass is 32.1. The summed E-state index contributed by atoms with van der Waals surface area (Å²) in [6, 6.07) is 0. The van der Waals surface area contributed by atoms with Crippen LogP contribution in [0.5, 0.6) is 0 Å². The van der Waals surface area contributed by atoms with Crippen molar-refractivity contribution in [3.05, 3.63) is 16.1 Å². The summed E-state index contributed by atoms with van der Waals surface area (Å²) in [5.74, 6) is 0.533. The van der Waals surface area contributed by atoms with E-state index in [9.17, 15) is 4.79 Å². The summed E-state index contributed by atoms with van der Waals surface area (Å²) in [6.07, 6.45) is 2.00. The van der Waals surface area contributed by atoms with E-state index in [1.165, 1.54) is 0 Å². The third-order valence-corrected chi connectivity index (χ3v) is 5.30. The smallest absolute Gasteiger partial charge is 0.408 e. The second-order valence-electron chi connectivity index (χ2n) is 6.58. The fourth-order valence-electron chi connectivity index (χ4n) is 3.18. The number of rotatable bonds is 3. The molecule has 5 nitrogen and oxygen atoms in total. The number of piperidine rings is 3. The first-order chi connectivity index (χ1) is 9.94. The second kappa shape index (κ2) is 5.57. The number of thiazole rings is 1. The number of aryl methyl sites for hydroxylation is 1. The molecule has 1 N–H and O–H groups in total. The Balaban J connectivity index is 1.58. The number of carbonyl (C=O) groups excluding carboxylic acids is 1. The first-order valence-corrected chi connectivity index (χ1v) is 8.46. The van der Waals surface area contributed by atoms with Gasteiger partial charge in [-0.3, -0.25) is 4.90 Å².